The molecule has 0 saturated carbocycles. The minimum absolute atomic E-state index is 0. The van der Waals surface area contributed by atoms with E-state index >= 15 is 0 Å². The molecule has 0 aromatic heterocycles. The van der Waals surface area contributed by atoms with Crippen LogP contribution >= 0.6 is 0 Å². The topological polar surface area (TPSA) is 241 Å². The third-order valence-electron chi connectivity index (χ3n) is 5.77. The predicted molar refractivity (Wildman–Crippen MR) is 161 cm³/mol. The fourth-order valence-corrected chi connectivity index (χ4v) is 3.14. The smallest absolute Gasteiger partial charge is 0.151 e. The quantitative estimate of drug-likeness (QED) is 0.273. The van der Waals surface area contributed by atoms with Gasteiger partial charge in [0, 0.05) is 59.6 Å². The molecule has 0 aromatic carbocycles. The van der Waals surface area contributed by atoms with Gasteiger partial charge in [-0.3, -0.25) is 28.8 Å². The van der Waals surface area contributed by atoms with E-state index in [4.69, 9.17) is 0 Å². The van der Waals surface area contributed by atoms with Gasteiger partial charge in [0.25, 0.3) is 0 Å². The van der Waals surface area contributed by atoms with Crippen LogP contribution in [0.25, 0.3) is 0 Å². The van der Waals surface area contributed by atoms with Crippen LogP contribution in [0.5, 0.6) is 0 Å². The number of carbonyl (C=O) groups excluding carboxylic acids is 6. The van der Waals surface area contributed by atoms with Crippen LogP contribution in [0.1, 0.15) is 38.5 Å². The van der Waals surface area contributed by atoms with Crippen molar-refractivity contribution in [3.05, 3.63) is 144 Å². The van der Waals surface area contributed by atoms with Crippen molar-refractivity contribution in [2.45, 2.75) is 38.5 Å². The summed E-state index contributed by atoms with van der Waals surface area (Å²) in [6.07, 6.45) is 29.0. The zero-order valence-electron chi connectivity index (χ0n) is 25.9. The molecule has 0 spiro atoms. The monoisotopic (exact) mass is 838 g/mol. The van der Waals surface area contributed by atoms with E-state index in [1.54, 1.807) is 72.9 Å². The van der Waals surface area contributed by atoms with E-state index < -0.39 is 0 Å². The molecule has 6 aliphatic carbocycles. The van der Waals surface area contributed by atoms with Crippen molar-refractivity contribution >= 4 is 34.7 Å². The maximum atomic E-state index is 10.4. The summed E-state index contributed by atoms with van der Waals surface area (Å²) in [6, 6.07) is 0. The molecule has 258 valence electrons. The summed E-state index contributed by atoms with van der Waals surface area (Å²) in [6.45, 7) is 0. The fourth-order valence-electron chi connectivity index (χ4n) is 3.14. The first-order chi connectivity index (χ1) is 22.8. The molecule has 0 fully saturated rings. The Balaban J connectivity index is 0.000000562. The Morgan fingerprint density at radius 2 is 0.408 bits per heavy atom. The predicted octanol–water partition coefficient (Wildman–Crippen LogP) is -1.44. The molecular formula is C36H30O12W-6. The van der Waals surface area contributed by atoms with E-state index in [0.29, 0.717) is 0 Å². The van der Waals surface area contributed by atoms with Crippen molar-refractivity contribution in [1.82, 2.24) is 0 Å². The molecule has 0 unspecified atom stereocenters. The van der Waals surface area contributed by atoms with Crippen LogP contribution in [0.3, 0.4) is 0 Å². The summed E-state index contributed by atoms with van der Waals surface area (Å²) in [5.41, 5.74) is 0. The molecule has 0 aromatic rings. The molecular weight excluding hydrogens is 808 g/mol. The van der Waals surface area contributed by atoms with Crippen LogP contribution in [-0.4, -0.2) is 34.7 Å². The minimum Gasteiger partial charge on any atom is -0.870 e. The minimum atomic E-state index is -0.382. The normalized spacial score (nSPS) is 18.1. The van der Waals surface area contributed by atoms with Crippen LogP contribution in [0, 0.1) is 0 Å². The molecule has 0 saturated heterocycles. The van der Waals surface area contributed by atoms with Gasteiger partial charge in [0.2, 0.25) is 0 Å². The van der Waals surface area contributed by atoms with Crippen molar-refractivity contribution in [1.29, 1.82) is 0 Å². The van der Waals surface area contributed by atoms with Crippen molar-refractivity contribution in [3.8, 4) is 0 Å². The van der Waals surface area contributed by atoms with Crippen LogP contribution < -0.4 is 30.6 Å². The zero-order chi connectivity index (χ0) is 35.9. The van der Waals surface area contributed by atoms with Gasteiger partial charge in [-0.05, 0) is 0 Å². The van der Waals surface area contributed by atoms with Gasteiger partial charge in [-0.15, -0.1) is 0 Å². The Labute approximate surface area is 296 Å². The zero-order valence-corrected chi connectivity index (χ0v) is 28.9. The first kappa shape index (κ1) is 43.4. The first-order valence-electron chi connectivity index (χ1n) is 14.3. The fraction of sp³-hybridized carbons (Fsp3) is 0.167. The number of carbonyl (C=O) groups is 6. The van der Waals surface area contributed by atoms with Crippen LogP contribution in [0.4, 0.5) is 0 Å². The second kappa shape index (κ2) is 24.5. The Hall–Kier alpha value is -5.61. The molecule has 0 heterocycles. The second-order valence-corrected chi connectivity index (χ2v) is 9.52. The molecule has 0 amide bonds. The van der Waals surface area contributed by atoms with Gasteiger partial charge in [-0.1, -0.05) is 144 Å². The van der Waals surface area contributed by atoms with Gasteiger partial charge in [0.1, 0.15) is 0 Å². The van der Waals surface area contributed by atoms with E-state index in [-0.39, 0.29) is 129 Å². The molecule has 0 atom stereocenters. The number of Topliss-reactive ketones (excluding diaryl/α,β-unsaturated/α-hetero) is 6. The SMILES string of the molecule is O=C1CC=CC=C1[O-].O=C1CC=CC=C1[O-].O=C1CC=CC=C1[O-].O=C1CC=CC=C1[O-].O=C1CC=CC=C1[O-].O=C1CC=CC=C1[O-].[W]. The second-order valence-electron chi connectivity index (χ2n) is 9.52. The Bertz CT molecular complexity index is 1310. The van der Waals surface area contributed by atoms with Crippen molar-refractivity contribution in [3.63, 3.8) is 0 Å². The van der Waals surface area contributed by atoms with Crippen LogP contribution in [0.15, 0.2) is 144 Å². The summed E-state index contributed by atoms with van der Waals surface area (Å²) < 4.78 is 0. The number of ketones is 6. The summed E-state index contributed by atoms with van der Waals surface area (Å²) in [4.78, 5) is 62.2. The molecule has 0 N–H and O–H groups in total. The molecule has 0 aliphatic heterocycles. The average Bonchev–Trinajstić information content (AvgIpc) is 3.07. The maximum absolute atomic E-state index is 10.4. The Kier molecular flexibility index (Phi) is 21.7. The van der Waals surface area contributed by atoms with Crippen molar-refractivity contribution in [2.75, 3.05) is 0 Å². The van der Waals surface area contributed by atoms with Crippen LogP contribution in [-0.2, 0) is 49.8 Å². The van der Waals surface area contributed by atoms with Gasteiger partial charge in [0.05, 0.1) is 0 Å². The summed E-state index contributed by atoms with van der Waals surface area (Å²) in [7, 11) is 0. The average molecular weight is 838 g/mol. The summed E-state index contributed by atoms with van der Waals surface area (Å²) in [5, 5.41) is 62.0. The molecule has 0 radical (unpaired) electrons. The number of rotatable bonds is 0. The Morgan fingerprint density at radius 3 is 0.469 bits per heavy atom. The van der Waals surface area contributed by atoms with Gasteiger partial charge in [0.15, 0.2) is 34.7 Å². The number of hydrogen-bond acceptors (Lipinski definition) is 12. The van der Waals surface area contributed by atoms with Gasteiger partial charge >= 0.3 is 0 Å². The van der Waals surface area contributed by atoms with E-state index in [1.165, 1.54) is 36.5 Å². The molecule has 6 rings (SSSR count). The molecule has 6 aliphatic rings. The standard InChI is InChI=1S/6C6H6O2.W/c6*7-5-3-1-2-4-6(5)8;/h6*1-3,7H,4H2;/p-6. The van der Waals surface area contributed by atoms with E-state index in [9.17, 15) is 59.4 Å². The van der Waals surface area contributed by atoms with Gasteiger partial charge in [-0.2, -0.15) is 0 Å². The Morgan fingerprint density at radius 1 is 0.286 bits per heavy atom. The molecule has 0 bridgehead atoms. The van der Waals surface area contributed by atoms with Crippen molar-refractivity contribution in [2.24, 2.45) is 0 Å². The number of allylic oxidation sites excluding steroid dienone is 24. The summed E-state index contributed by atoms with van der Waals surface area (Å²) >= 11 is 0. The van der Waals surface area contributed by atoms with Crippen LogP contribution in [0.2, 0.25) is 0 Å². The number of hydrogen-bond donors (Lipinski definition) is 0. The van der Waals surface area contributed by atoms with Gasteiger partial charge in [-0.25, -0.2) is 0 Å². The van der Waals surface area contributed by atoms with Crippen molar-refractivity contribution < 1.29 is 80.5 Å². The molecule has 13 heteroatoms. The third-order valence-corrected chi connectivity index (χ3v) is 5.77. The third kappa shape index (κ3) is 19.0. The van der Waals surface area contributed by atoms with E-state index in [2.05, 4.69) is 0 Å². The van der Waals surface area contributed by atoms with E-state index in [0.717, 1.165) is 0 Å². The van der Waals surface area contributed by atoms with Gasteiger partial charge < -0.3 is 30.6 Å². The summed E-state index contributed by atoms with van der Waals surface area (Å²) in [5.74, 6) is -4.17. The molecule has 49 heavy (non-hydrogen) atoms. The molecule has 12 nitrogen and oxygen atoms in total. The van der Waals surface area contributed by atoms with E-state index in [1.807, 2.05) is 0 Å². The largest absolute Gasteiger partial charge is 0.870 e. The first-order valence-corrected chi connectivity index (χ1v) is 14.3. The maximum Gasteiger partial charge on any atom is 0.151 e.